The first kappa shape index (κ1) is 16.7. The molecule has 0 saturated heterocycles. The van der Waals surface area contributed by atoms with E-state index in [1.807, 2.05) is 30.3 Å². The zero-order valence-electron chi connectivity index (χ0n) is 13.0. The molecular formula is C18H20N2O3. The van der Waals surface area contributed by atoms with E-state index in [1.54, 1.807) is 12.1 Å². The quantitative estimate of drug-likeness (QED) is 0.732. The summed E-state index contributed by atoms with van der Waals surface area (Å²) in [6, 6.07) is 13.3. The van der Waals surface area contributed by atoms with Gasteiger partial charge in [0.25, 0.3) is 0 Å². The molecule has 5 heteroatoms. The summed E-state index contributed by atoms with van der Waals surface area (Å²) in [5.41, 5.74) is 1.69. The van der Waals surface area contributed by atoms with E-state index in [9.17, 15) is 9.59 Å². The normalized spacial score (nSPS) is 11.7. The van der Waals surface area contributed by atoms with E-state index >= 15 is 0 Å². The van der Waals surface area contributed by atoms with Crippen LogP contribution in [0.3, 0.4) is 0 Å². The van der Waals surface area contributed by atoms with Crippen molar-refractivity contribution >= 4 is 17.6 Å². The number of nitrogens with one attached hydrogen (secondary N) is 1. The lowest BCUT2D eigenvalue weighted by atomic mass is 10.0. The van der Waals surface area contributed by atoms with Crippen LogP contribution >= 0.6 is 0 Å². The highest BCUT2D eigenvalue weighted by molar-refractivity contribution is 5.93. The largest absolute Gasteiger partial charge is 0.481 e. The van der Waals surface area contributed by atoms with Gasteiger partial charge in [0.2, 0.25) is 0 Å². The number of aromatic nitrogens is 1. The average molecular weight is 312 g/mol. The number of anilines is 1. The summed E-state index contributed by atoms with van der Waals surface area (Å²) < 4.78 is 0. The Morgan fingerprint density at radius 2 is 1.91 bits per heavy atom. The van der Waals surface area contributed by atoms with Gasteiger partial charge in [0, 0.05) is 24.2 Å². The number of rotatable bonds is 8. The van der Waals surface area contributed by atoms with Crippen LogP contribution in [0.4, 0.5) is 5.82 Å². The third-order valence-electron chi connectivity index (χ3n) is 3.55. The molecule has 0 bridgehead atoms. The Kier molecular flexibility index (Phi) is 5.86. The van der Waals surface area contributed by atoms with Crippen molar-refractivity contribution in [1.82, 2.24) is 4.98 Å². The van der Waals surface area contributed by atoms with Crippen molar-refractivity contribution in [2.45, 2.75) is 32.2 Å². The maximum atomic E-state index is 11.3. The lowest BCUT2D eigenvalue weighted by molar-refractivity contribution is -0.137. The van der Waals surface area contributed by atoms with Crippen LogP contribution in [0.25, 0.3) is 0 Å². The van der Waals surface area contributed by atoms with Crippen molar-refractivity contribution in [2.24, 2.45) is 0 Å². The monoisotopic (exact) mass is 312 g/mol. The average Bonchev–Trinajstić information content (AvgIpc) is 2.54. The van der Waals surface area contributed by atoms with Crippen LogP contribution in [0.5, 0.6) is 0 Å². The molecule has 1 heterocycles. The molecule has 2 rings (SSSR count). The molecule has 1 unspecified atom stereocenters. The van der Waals surface area contributed by atoms with Gasteiger partial charge in [-0.05, 0) is 37.5 Å². The number of ketones is 1. The summed E-state index contributed by atoms with van der Waals surface area (Å²) in [6.07, 6.45) is 2.84. The first-order valence-electron chi connectivity index (χ1n) is 7.54. The Morgan fingerprint density at radius 1 is 1.17 bits per heavy atom. The number of hydrogen-bond acceptors (Lipinski definition) is 4. The van der Waals surface area contributed by atoms with Crippen LogP contribution in [0.15, 0.2) is 48.7 Å². The molecule has 1 aromatic carbocycles. The number of aliphatic carboxylic acids is 1. The molecule has 0 fully saturated rings. The van der Waals surface area contributed by atoms with Crippen molar-refractivity contribution in [3.8, 4) is 0 Å². The first-order chi connectivity index (χ1) is 11.0. The van der Waals surface area contributed by atoms with Crippen molar-refractivity contribution in [3.05, 3.63) is 59.8 Å². The molecule has 0 amide bonds. The summed E-state index contributed by atoms with van der Waals surface area (Å²) in [6.45, 7) is 1.50. The topological polar surface area (TPSA) is 79.3 Å². The number of Topliss-reactive ketones (excluding diaryl/α,β-unsaturated/α-hetero) is 1. The lowest BCUT2D eigenvalue weighted by Gasteiger charge is -2.19. The molecule has 5 nitrogen and oxygen atoms in total. The number of carbonyl (C=O) groups excluding carboxylic acids is 1. The van der Waals surface area contributed by atoms with Crippen LogP contribution < -0.4 is 5.32 Å². The van der Waals surface area contributed by atoms with Crippen molar-refractivity contribution in [1.29, 1.82) is 0 Å². The minimum Gasteiger partial charge on any atom is -0.481 e. The molecule has 1 aromatic heterocycles. The van der Waals surface area contributed by atoms with Gasteiger partial charge in [-0.2, -0.15) is 0 Å². The molecule has 0 saturated carbocycles. The molecule has 1 atom stereocenters. The SMILES string of the molecule is CC(=O)c1ccc(NC(CCC(=O)O)Cc2ccccc2)nc1. The number of nitrogens with zero attached hydrogens (tertiary/aromatic N) is 1. The first-order valence-corrected chi connectivity index (χ1v) is 7.54. The molecular weight excluding hydrogens is 292 g/mol. The van der Waals surface area contributed by atoms with E-state index in [4.69, 9.17) is 5.11 Å². The maximum absolute atomic E-state index is 11.3. The van der Waals surface area contributed by atoms with Gasteiger partial charge >= 0.3 is 5.97 Å². The van der Waals surface area contributed by atoms with Crippen molar-refractivity contribution in [3.63, 3.8) is 0 Å². The van der Waals surface area contributed by atoms with E-state index in [0.29, 0.717) is 24.2 Å². The fraction of sp³-hybridized carbons (Fsp3) is 0.278. The number of benzene rings is 1. The minimum absolute atomic E-state index is 0.0317. The number of pyridine rings is 1. The number of carboxylic acid groups (broad SMARTS) is 1. The molecule has 0 aliphatic rings. The second-order valence-corrected chi connectivity index (χ2v) is 5.45. The number of carboxylic acids is 1. The van der Waals surface area contributed by atoms with Gasteiger partial charge in [-0.1, -0.05) is 30.3 Å². The van der Waals surface area contributed by atoms with Gasteiger partial charge in [0.1, 0.15) is 5.82 Å². The summed E-state index contributed by atoms with van der Waals surface area (Å²) in [7, 11) is 0. The van der Waals surface area contributed by atoms with Gasteiger partial charge in [-0.3, -0.25) is 9.59 Å². The van der Waals surface area contributed by atoms with Crippen LogP contribution in [-0.4, -0.2) is 27.9 Å². The van der Waals surface area contributed by atoms with Gasteiger partial charge in [0.15, 0.2) is 5.78 Å². The zero-order chi connectivity index (χ0) is 16.7. The highest BCUT2D eigenvalue weighted by Crippen LogP contribution is 2.14. The fourth-order valence-corrected chi connectivity index (χ4v) is 2.32. The molecule has 0 aliphatic heterocycles. The third kappa shape index (κ3) is 5.54. The standard InChI is InChI=1S/C18H20N2O3/c1-13(21)15-7-9-17(19-12-15)20-16(8-10-18(22)23)11-14-5-3-2-4-6-14/h2-7,9,12,16H,8,10-11H2,1H3,(H,19,20)(H,22,23). The molecule has 0 radical (unpaired) electrons. The molecule has 2 aromatic rings. The second kappa shape index (κ2) is 8.08. The van der Waals surface area contributed by atoms with Gasteiger partial charge < -0.3 is 10.4 Å². The second-order valence-electron chi connectivity index (χ2n) is 5.45. The molecule has 0 spiro atoms. The predicted molar refractivity (Wildman–Crippen MR) is 88.7 cm³/mol. The lowest BCUT2D eigenvalue weighted by Crippen LogP contribution is -2.24. The maximum Gasteiger partial charge on any atom is 0.303 e. The minimum atomic E-state index is -0.815. The highest BCUT2D eigenvalue weighted by Gasteiger charge is 2.13. The smallest absolute Gasteiger partial charge is 0.303 e. The van der Waals surface area contributed by atoms with Crippen LogP contribution in [-0.2, 0) is 11.2 Å². The van der Waals surface area contributed by atoms with E-state index in [-0.39, 0.29) is 18.2 Å². The van der Waals surface area contributed by atoms with E-state index in [1.165, 1.54) is 13.1 Å². The van der Waals surface area contributed by atoms with E-state index < -0.39 is 5.97 Å². The highest BCUT2D eigenvalue weighted by atomic mass is 16.4. The van der Waals surface area contributed by atoms with Gasteiger partial charge in [-0.25, -0.2) is 4.98 Å². The van der Waals surface area contributed by atoms with Gasteiger partial charge in [0.05, 0.1) is 0 Å². The molecule has 2 N–H and O–H groups in total. The van der Waals surface area contributed by atoms with Crippen molar-refractivity contribution < 1.29 is 14.7 Å². The third-order valence-corrected chi connectivity index (χ3v) is 3.55. The molecule has 23 heavy (non-hydrogen) atoms. The Hall–Kier alpha value is -2.69. The summed E-state index contributed by atoms with van der Waals surface area (Å²) in [5.74, 6) is -0.207. The Labute approximate surface area is 135 Å². The zero-order valence-corrected chi connectivity index (χ0v) is 13.0. The number of carbonyl (C=O) groups is 2. The summed E-state index contributed by atoms with van der Waals surface area (Å²) in [5, 5.41) is 12.2. The predicted octanol–water partition coefficient (Wildman–Crippen LogP) is 3.17. The number of hydrogen-bond donors (Lipinski definition) is 2. The summed E-state index contributed by atoms with van der Waals surface area (Å²) in [4.78, 5) is 26.3. The van der Waals surface area contributed by atoms with Crippen LogP contribution in [0, 0.1) is 0 Å². The van der Waals surface area contributed by atoms with Gasteiger partial charge in [-0.15, -0.1) is 0 Å². The Balaban J connectivity index is 2.06. The summed E-state index contributed by atoms with van der Waals surface area (Å²) >= 11 is 0. The van der Waals surface area contributed by atoms with E-state index in [0.717, 1.165) is 5.56 Å². The van der Waals surface area contributed by atoms with Crippen LogP contribution in [0.1, 0.15) is 35.7 Å². The molecule has 0 aliphatic carbocycles. The van der Waals surface area contributed by atoms with E-state index in [2.05, 4.69) is 10.3 Å². The fourth-order valence-electron chi connectivity index (χ4n) is 2.32. The Bertz CT molecular complexity index is 654. The van der Waals surface area contributed by atoms with Crippen LogP contribution in [0.2, 0.25) is 0 Å². The van der Waals surface area contributed by atoms with Crippen molar-refractivity contribution in [2.75, 3.05) is 5.32 Å². The molecule has 120 valence electrons. The Morgan fingerprint density at radius 3 is 2.48 bits per heavy atom.